The van der Waals surface area contributed by atoms with E-state index >= 15 is 0 Å². The second-order valence-electron chi connectivity index (χ2n) is 3.88. The number of hydrogen-bond donors (Lipinski definition) is 1. The quantitative estimate of drug-likeness (QED) is 0.609. The van der Waals surface area contributed by atoms with Gasteiger partial charge in [-0.15, -0.1) is 0 Å². The van der Waals surface area contributed by atoms with E-state index in [0.29, 0.717) is 0 Å². The van der Waals surface area contributed by atoms with Crippen LogP contribution in [0, 0.1) is 5.41 Å². The Morgan fingerprint density at radius 2 is 2.33 bits per heavy atom. The largest absolute Gasteiger partial charge is 0.366 e. The zero-order valence-electron chi connectivity index (χ0n) is 7.50. The van der Waals surface area contributed by atoms with Crippen molar-refractivity contribution in [2.24, 2.45) is 16.1 Å². The zero-order chi connectivity index (χ0) is 9.19. The minimum atomic E-state index is -0.414. The first-order valence-electron chi connectivity index (χ1n) is 4.00. The van der Waals surface area contributed by atoms with Crippen LogP contribution in [0.5, 0.6) is 0 Å². The van der Waals surface area contributed by atoms with Gasteiger partial charge in [-0.05, 0) is 17.9 Å². The van der Waals surface area contributed by atoms with Gasteiger partial charge >= 0.3 is 0 Å². The summed E-state index contributed by atoms with van der Waals surface area (Å²) in [6.07, 6.45) is 3.99. The fourth-order valence-electron chi connectivity index (χ4n) is 1.21. The van der Waals surface area contributed by atoms with Crippen molar-refractivity contribution in [2.45, 2.75) is 20.3 Å². The van der Waals surface area contributed by atoms with Gasteiger partial charge in [0, 0.05) is 18.3 Å². The number of carbonyl (C=O) groups is 1. The summed E-state index contributed by atoms with van der Waals surface area (Å²) >= 11 is 0. The Morgan fingerprint density at radius 3 is 2.75 bits per heavy atom. The molecule has 0 aromatic heterocycles. The molecule has 0 fully saturated rings. The number of nitrogens with two attached hydrogens (primary N) is 1. The third-order valence-electron chi connectivity index (χ3n) is 1.81. The number of aliphatic imine (C=N–C) groups is 1. The van der Waals surface area contributed by atoms with E-state index in [1.807, 2.05) is 0 Å². The molecule has 1 heterocycles. The lowest BCUT2D eigenvalue weighted by molar-refractivity contribution is -0.113. The maximum Gasteiger partial charge on any atom is 0.241 e. The van der Waals surface area contributed by atoms with Crippen molar-refractivity contribution in [1.29, 1.82) is 0 Å². The summed E-state index contributed by atoms with van der Waals surface area (Å²) in [5, 5.41) is 0. The second kappa shape index (κ2) is 3.09. The number of primary amides is 1. The van der Waals surface area contributed by atoms with Gasteiger partial charge in [-0.25, -0.2) is 0 Å². The van der Waals surface area contributed by atoms with Crippen LogP contribution in [0.15, 0.2) is 17.1 Å². The molecule has 12 heavy (non-hydrogen) atoms. The van der Waals surface area contributed by atoms with Gasteiger partial charge in [0.1, 0.15) is 0 Å². The Balaban J connectivity index is 2.53. The molecule has 1 aliphatic rings. The molecule has 2 N–H and O–H groups in total. The fraction of sp³-hybridized carbons (Fsp3) is 0.556. The third-order valence-corrected chi connectivity index (χ3v) is 1.81. The zero-order valence-corrected chi connectivity index (χ0v) is 7.50. The Labute approximate surface area is 72.4 Å². The van der Waals surface area contributed by atoms with Crippen LogP contribution in [0.25, 0.3) is 0 Å². The molecule has 0 aromatic rings. The van der Waals surface area contributed by atoms with Crippen molar-refractivity contribution >= 4 is 11.6 Å². The summed E-state index contributed by atoms with van der Waals surface area (Å²) in [7, 11) is 0. The van der Waals surface area contributed by atoms with Crippen molar-refractivity contribution in [1.82, 2.24) is 0 Å². The summed E-state index contributed by atoms with van der Waals surface area (Å²) < 4.78 is 0. The molecule has 1 aliphatic heterocycles. The fourth-order valence-corrected chi connectivity index (χ4v) is 1.21. The predicted octanol–water partition coefficient (Wildman–Crippen LogP) is 0.899. The average Bonchev–Trinajstić information content (AvgIpc) is 2.26. The summed E-state index contributed by atoms with van der Waals surface area (Å²) in [5.41, 5.74) is 6.18. The minimum absolute atomic E-state index is 0.247. The van der Waals surface area contributed by atoms with Gasteiger partial charge in [0.05, 0.1) is 0 Å². The first kappa shape index (κ1) is 8.97. The molecule has 0 radical (unpaired) electrons. The summed E-state index contributed by atoms with van der Waals surface area (Å²) in [4.78, 5) is 14.7. The number of rotatable bonds is 2. The first-order valence-corrected chi connectivity index (χ1v) is 4.00. The molecular weight excluding hydrogens is 152 g/mol. The van der Waals surface area contributed by atoms with Crippen molar-refractivity contribution in [3.05, 3.63) is 12.2 Å². The lowest BCUT2D eigenvalue weighted by atomic mass is 9.90. The summed E-state index contributed by atoms with van der Waals surface area (Å²) in [5.74, 6) is -0.414. The number of amides is 1. The Morgan fingerprint density at radius 1 is 1.67 bits per heavy atom. The van der Waals surface area contributed by atoms with Crippen molar-refractivity contribution in [3.8, 4) is 0 Å². The lowest BCUT2D eigenvalue weighted by Gasteiger charge is -2.13. The van der Waals surface area contributed by atoms with Gasteiger partial charge in [-0.1, -0.05) is 13.8 Å². The molecule has 0 aromatic carbocycles. The summed E-state index contributed by atoms with van der Waals surface area (Å²) in [6.45, 7) is 5.15. The van der Waals surface area contributed by atoms with E-state index in [0.717, 1.165) is 18.7 Å². The van der Waals surface area contributed by atoms with E-state index in [-0.39, 0.29) is 5.41 Å². The van der Waals surface area contributed by atoms with Crippen LogP contribution < -0.4 is 5.73 Å². The molecule has 0 bridgehead atoms. The monoisotopic (exact) mass is 166 g/mol. The van der Waals surface area contributed by atoms with Gasteiger partial charge in [0.2, 0.25) is 5.91 Å². The van der Waals surface area contributed by atoms with Crippen LogP contribution in [-0.4, -0.2) is 18.2 Å². The molecule has 0 atom stereocenters. The number of allylic oxidation sites excluding steroid dienone is 1. The van der Waals surface area contributed by atoms with Crippen molar-refractivity contribution in [2.75, 3.05) is 6.54 Å². The van der Waals surface area contributed by atoms with Gasteiger partial charge in [-0.3, -0.25) is 9.79 Å². The first-order chi connectivity index (χ1) is 5.49. The van der Waals surface area contributed by atoms with E-state index in [1.165, 1.54) is 6.08 Å². The van der Waals surface area contributed by atoms with Gasteiger partial charge in [-0.2, -0.15) is 0 Å². The van der Waals surface area contributed by atoms with E-state index in [1.54, 1.807) is 6.08 Å². The number of nitrogens with zero attached hydrogens (tertiary/aromatic N) is 1. The highest BCUT2D eigenvalue weighted by molar-refractivity contribution is 6.01. The Hall–Kier alpha value is -1.12. The smallest absolute Gasteiger partial charge is 0.241 e. The number of hydrogen-bond acceptors (Lipinski definition) is 2. The van der Waals surface area contributed by atoms with Gasteiger partial charge in [0.15, 0.2) is 0 Å². The molecule has 0 spiro atoms. The van der Waals surface area contributed by atoms with Crippen molar-refractivity contribution in [3.63, 3.8) is 0 Å². The molecule has 66 valence electrons. The SMILES string of the molecule is CC1(C)CN=C(/C=C/C(N)=O)C1. The molecule has 3 nitrogen and oxygen atoms in total. The topological polar surface area (TPSA) is 55.4 Å². The molecule has 0 aliphatic carbocycles. The molecule has 0 saturated carbocycles. The molecule has 1 amide bonds. The number of carbonyl (C=O) groups excluding carboxylic acids is 1. The van der Waals surface area contributed by atoms with Crippen LogP contribution >= 0.6 is 0 Å². The molecule has 0 saturated heterocycles. The average molecular weight is 166 g/mol. The maximum atomic E-state index is 10.4. The van der Waals surface area contributed by atoms with Crippen LogP contribution in [0.3, 0.4) is 0 Å². The van der Waals surface area contributed by atoms with Crippen molar-refractivity contribution < 1.29 is 4.79 Å². The Bertz CT molecular complexity index is 251. The highest BCUT2D eigenvalue weighted by atomic mass is 16.1. The molecule has 1 rings (SSSR count). The van der Waals surface area contributed by atoms with Crippen LogP contribution in [-0.2, 0) is 4.79 Å². The van der Waals surface area contributed by atoms with E-state index < -0.39 is 5.91 Å². The molecule has 3 heteroatoms. The maximum absolute atomic E-state index is 10.4. The lowest BCUT2D eigenvalue weighted by Crippen LogP contribution is -2.11. The van der Waals surface area contributed by atoms with Gasteiger partial charge in [0.25, 0.3) is 0 Å². The molecular formula is C9H14N2O. The molecule has 0 unspecified atom stereocenters. The Kier molecular flexibility index (Phi) is 2.31. The normalized spacial score (nSPS) is 21.3. The van der Waals surface area contributed by atoms with E-state index in [2.05, 4.69) is 18.8 Å². The van der Waals surface area contributed by atoms with E-state index in [4.69, 9.17) is 5.73 Å². The standard InChI is InChI=1S/C9H14N2O/c1-9(2)5-7(11-6-9)3-4-8(10)12/h3-4H,5-6H2,1-2H3,(H2,10,12)/b4-3+. The van der Waals surface area contributed by atoms with Crippen LogP contribution in [0.2, 0.25) is 0 Å². The highest BCUT2D eigenvalue weighted by Gasteiger charge is 2.24. The van der Waals surface area contributed by atoms with Crippen LogP contribution in [0.4, 0.5) is 0 Å². The highest BCUT2D eigenvalue weighted by Crippen LogP contribution is 2.27. The predicted molar refractivity (Wildman–Crippen MR) is 49.0 cm³/mol. The van der Waals surface area contributed by atoms with Gasteiger partial charge < -0.3 is 5.73 Å². The second-order valence-corrected chi connectivity index (χ2v) is 3.88. The third kappa shape index (κ3) is 2.49. The minimum Gasteiger partial charge on any atom is -0.366 e. The van der Waals surface area contributed by atoms with Crippen LogP contribution in [0.1, 0.15) is 20.3 Å². The summed E-state index contributed by atoms with van der Waals surface area (Å²) in [6, 6.07) is 0. The van der Waals surface area contributed by atoms with E-state index in [9.17, 15) is 4.79 Å².